The Morgan fingerprint density at radius 1 is 1.33 bits per heavy atom. The van der Waals surface area contributed by atoms with Gasteiger partial charge in [0.1, 0.15) is 17.1 Å². The van der Waals surface area contributed by atoms with Crippen LogP contribution in [0.1, 0.15) is 0 Å². The van der Waals surface area contributed by atoms with Gasteiger partial charge in [0, 0.05) is 0 Å². The monoisotopic (exact) mass is 296 g/mol. The Bertz CT molecular complexity index is 610. The van der Waals surface area contributed by atoms with Crippen molar-refractivity contribution >= 4 is 23.3 Å². The molecule has 0 aliphatic heterocycles. The summed E-state index contributed by atoms with van der Waals surface area (Å²) in [7, 11) is 2.19. The molecule has 0 radical (unpaired) electrons. The van der Waals surface area contributed by atoms with Crippen LogP contribution in [-0.4, -0.2) is 36.2 Å². The number of nitro benzene ring substituents is 1. The van der Waals surface area contributed by atoms with Gasteiger partial charge in [-0.3, -0.25) is 10.1 Å². The van der Waals surface area contributed by atoms with E-state index in [0.717, 1.165) is 26.4 Å². The lowest BCUT2D eigenvalue weighted by molar-refractivity contribution is -0.384. The topological polar surface area (TPSA) is 128 Å². The second kappa shape index (κ2) is 6.89. The molecule has 0 spiro atoms. The minimum Gasteiger partial charge on any atom is -0.508 e. The van der Waals surface area contributed by atoms with E-state index in [0.29, 0.717) is 0 Å². The van der Waals surface area contributed by atoms with Gasteiger partial charge in [-0.2, -0.15) is 0 Å². The number of esters is 2. The number of benzene rings is 1. The maximum absolute atomic E-state index is 11.5. The number of carbonyl (C=O) groups is 2. The van der Waals surface area contributed by atoms with Gasteiger partial charge in [0.05, 0.1) is 31.3 Å². The van der Waals surface area contributed by atoms with Gasteiger partial charge < -0.3 is 19.9 Å². The highest BCUT2D eigenvalue weighted by Gasteiger charge is 2.19. The van der Waals surface area contributed by atoms with Crippen LogP contribution < -0.4 is 5.32 Å². The maximum atomic E-state index is 11.5. The standard InChI is InChI=1S/C12H12N2O7/c1-20-11(16)6-9(12(17)21-2)13-8-4-3-7(15)5-10(8)14(18)19/h3-6,13,15H,1-2H3/b9-6+. The number of phenols is 1. The van der Waals surface area contributed by atoms with Crippen LogP contribution in [0.3, 0.4) is 0 Å². The van der Waals surface area contributed by atoms with E-state index in [1.807, 2.05) is 0 Å². The number of nitro groups is 1. The molecule has 9 nitrogen and oxygen atoms in total. The van der Waals surface area contributed by atoms with E-state index in [4.69, 9.17) is 0 Å². The molecule has 1 aromatic carbocycles. The van der Waals surface area contributed by atoms with Crippen molar-refractivity contribution in [3.63, 3.8) is 0 Å². The van der Waals surface area contributed by atoms with Gasteiger partial charge in [0.15, 0.2) is 0 Å². The van der Waals surface area contributed by atoms with Crippen molar-refractivity contribution in [3.05, 3.63) is 40.1 Å². The lowest BCUT2D eigenvalue weighted by Crippen LogP contribution is -2.16. The maximum Gasteiger partial charge on any atom is 0.354 e. The average Bonchev–Trinajstić information content (AvgIpc) is 2.46. The summed E-state index contributed by atoms with van der Waals surface area (Å²) >= 11 is 0. The molecule has 0 unspecified atom stereocenters. The molecule has 0 bridgehead atoms. The Kier molecular flexibility index (Phi) is 5.24. The van der Waals surface area contributed by atoms with Gasteiger partial charge in [-0.15, -0.1) is 0 Å². The van der Waals surface area contributed by atoms with Gasteiger partial charge in [-0.05, 0) is 12.1 Å². The lowest BCUT2D eigenvalue weighted by Gasteiger charge is -2.09. The molecule has 9 heteroatoms. The number of hydrogen-bond acceptors (Lipinski definition) is 8. The van der Waals surface area contributed by atoms with Gasteiger partial charge in [-0.1, -0.05) is 0 Å². The Hall–Kier alpha value is -3.10. The molecule has 0 aliphatic carbocycles. The summed E-state index contributed by atoms with van der Waals surface area (Å²) in [6.45, 7) is 0. The van der Waals surface area contributed by atoms with E-state index >= 15 is 0 Å². The zero-order valence-corrected chi connectivity index (χ0v) is 11.2. The molecule has 2 N–H and O–H groups in total. The molecular formula is C12H12N2O7. The lowest BCUT2D eigenvalue weighted by atomic mass is 10.2. The molecule has 0 aromatic heterocycles. The van der Waals surface area contributed by atoms with Crippen LogP contribution >= 0.6 is 0 Å². The third-order valence-corrected chi connectivity index (χ3v) is 2.32. The first kappa shape index (κ1) is 16.0. The summed E-state index contributed by atoms with van der Waals surface area (Å²) in [5, 5.41) is 22.6. The van der Waals surface area contributed by atoms with Crippen molar-refractivity contribution in [2.75, 3.05) is 19.5 Å². The Labute approximate surface area is 118 Å². The summed E-state index contributed by atoms with van der Waals surface area (Å²) in [5.74, 6) is -2.07. The normalized spacial score (nSPS) is 10.7. The first-order valence-corrected chi connectivity index (χ1v) is 5.51. The van der Waals surface area contributed by atoms with Crippen LogP contribution in [0.5, 0.6) is 5.75 Å². The van der Waals surface area contributed by atoms with Crippen molar-refractivity contribution in [3.8, 4) is 5.75 Å². The second-order valence-corrected chi connectivity index (χ2v) is 3.66. The van der Waals surface area contributed by atoms with Gasteiger partial charge >= 0.3 is 11.9 Å². The first-order valence-electron chi connectivity index (χ1n) is 5.51. The average molecular weight is 296 g/mol. The number of ether oxygens (including phenoxy) is 2. The quantitative estimate of drug-likeness (QED) is 0.270. The van der Waals surface area contributed by atoms with E-state index in [1.165, 1.54) is 12.1 Å². The minimum absolute atomic E-state index is 0.0987. The Morgan fingerprint density at radius 2 is 2.00 bits per heavy atom. The second-order valence-electron chi connectivity index (χ2n) is 3.66. The van der Waals surface area contributed by atoms with E-state index in [9.17, 15) is 24.8 Å². The van der Waals surface area contributed by atoms with Crippen LogP contribution in [-0.2, 0) is 19.1 Å². The van der Waals surface area contributed by atoms with Crippen LogP contribution in [0.15, 0.2) is 30.0 Å². The van der Waals surface area contributed by atoms with Crippen molar-refractivity contribution in [1.82, 2.24) is 0 Å². The highest BCUT2D eigenvalue weighted by molar-refractivity contribution is 5.99. The van der Waals surface area contributed by atoms with Crippen molar-refractivity contribution in [1.29, 1.82) is 0 Å². The molecule has 0 fully saturated rings. The summed E-state index contributed by atoms with van der Waals surface area (Å²) < 4.78 is 8.83. The SMILES string of the molecule is COC(=O)/C=C(/Nc1ccc(O)cc1[N+](=O)[O-])C(=O)OC. The molecule has 0 saturated heterocycles. The third kappa shape index (κ3) is 4.20. The zero-order valence-electron chi connectivity index (χ0n) is 11.2. The summed E-state index contributed by atoms with van der Waals surface area (Å²) in [5.41, 5.74) is -0.925. The number of carbonyl (C=O) groups excluding carboxylic acids is 2. The molecule has 0 amide bonds. The van der Waals surface area contributed by atoms with Crippen molar-refractivity contribution < 1.29 is 29.1 Å². The van der Waals surface area contributed by atoms with Crippen LogP contribution in [0.2, 0.25) is 0 Å². The van der Waals surface area contributed by atoms with Crippen LogP contribution in [0.4, 0.5) is 11.4 Å². The predicted molar refractivity (Wildman–Crippen MR) is 70.5 cm³/mol. The number of rotatable bonds is 5. The van der Waals surface area contributed by atoms with Gasteiger partial charge in [-0.25, -0.2) is 9.59 Å². The molecule has 0 heterocycles. The van der Waals surface area contributed by atoms with Crippen LogP contribution in [0.25, 0.3) is 0 Å². The Morgan fingerprint density at radius 3 is 2.52 bits per heavy atom. The summed E-state index contributed by atoms with van der Waals surface area (Å²) in [6.07, 6.45) is 0.794. The van der Waals surface area contributed by atoms with E-state index in [-0.39, 0.29) is 17.1 Å². The number of nitrogens with one attached hydrogen (secondary N) is 1. The largest absolute Gasteiger partial charge is 0.508 e. The highest BCUT2D eigenvalue weighted by Crippen LogP contribution is 2.29. The van der Waals surface area contributed by atoms with E-state index in [2.05, 4.69) is 14.8 Å². The summed E-state index contributed by atoms with van der Waals surface area (Å²) in [6, 6.07) is 3.26. The molecule has 0 aliphatic rings. The van der Waals surface area contributed by atoms with Crippen molar-refractivity contribution in [2.45, 2.75) is 0 Å². The number of aromatic hydroxyl groups is 1. The Balaban J connectivity index is 3.21. The fraction of sp³-hybridized carbons (Fsp3) is 0.167. The predicted octanol–water partition coefficient (Wildman–Crippen LogP) is 0.942. The molecule has 1 aromatic rings. The zero-order chi connectivity index (χ0) is 16.0. The van der Waals surface area contributed by atoms with Crippen LogP contribution in [0, 0.1) is 10.1 Å². The summed E-state index contributed by atoms with van der Waals surface area (Å²) in [4.78, 5) is 32.9. The number of nitrogens with zero attached hydrogens (tertiary/aromatic N) is 1. The fourth-order valence-electron chi connectivity index (χ4n) is 1.35. The molecule has 21 heavy (non-hydrogen) atoms. The van der Waals surface area contributed by atoms with Crippen molar-refractivity contribution in [2.24, 2.45) is 0 Å². The van der Waals surface area contributed by atoms with E-state index in [1.54, 1.807) is 0 Å². The number of hydrogen-bond donors (Lipinski definition) is 2. The third-order valence-electron chi connectivity index (χ3n) is 2.32. The first-order chi connectivity index (χ1) is 9.88. The van der Waals surface area contributed by atoms with E-state index < -0.39 is 22.5 Å². The molecule has 0 atom stereocenters. The van der Waals surface area contributed by atoms with Gasteiger partial charge in [0.2, 0.25) is 0 Å². The smallest absolute Gasteiger partial charge is 0.354 e. The fourth-order valence-corrected chi connectivity index (χ4v) is 1.35. The number of phenolic OH excluding ortho intramolecular Hbond substituents is 1. The van der Waals surface area contributed by atoms with Gasteiger partial charge in [0.25, 0.3) is 5.69 Å². The minimum atomic E-state index is -0.914. The molecular weight excluding hydrogens is 284 g/mol. The molecule has 1 rings (SSSR count). The molecule has 112 valence electrons. The number of methoxy groups -OCH3 is 2. The molecule has 0 saturated carbocycles. The number of anilines is 1. The highest BCUT2D eigenvalue weighted by atomic mass is 16.6.